The number of allylic oxidation sites excluding steroid dienone is 5. The fraction of sp³-hybridized carbons (Fsp3) is 0.104. The molecule has 6 aromatic carbocycles. The number of nitrogens with zero attached hydrogens (tertiary/aromatic N) is 2. The zero-order valence-electron chi connectivity index (χ0n) is 28.3. The van der Waals surface area contributed by atoms with Gasteiger partial charge in [0, 0.05) is 11.9 Å². The van der Waals surface area contributed by atoms with Crippen LogP contribution in [0.25, 0.3) is 43.8 Å². The number of rotatable bonds is 6. The maximum absolute atomic E-state index is 4.54. The predicted molar refractivity (Wildman–Crippen MR) is 209 cm³/mol. The lowest BCUT2D eigenvalue weighted by molar-refractivity contribution is 0.529. The summed E-state index contributed by atoms with van der Waals surface area (Å²) in [7, 11) is 0. The summed E-state index contributed by atoms with van der Waals surface area (Å²) in [6.45, 7) is 4.59. The minimum Gasteiger partial charge on any atom is -0.305 e. The van der Waals surface area contributed by atoms with Gasteiger partial charge in [-0.2, -0.15) is 0 Å². The van der Waals surface area contributed by atoms with Crippen molar-refractivity contribution < 1.29 is 0 Å². The predicted octanol–water partition coefficient (Wildman–Crippen LogP) is 12.3. The van der Waals surface area contributed by atoms with Gasteiger partial charge in [0.05, 0.1) is 17.6 Å². The van der Waals surface area contributed by atoms with E-state index in [0.29, 0.717) is 0 Å². The number of hydrogen-bond acceptors (Lipinski definition) is 2. The van der Waals surface area contributed by atoms with Crippen LogP contribution >= 0.6 is 0 Å². The highest BCUT2D eigenvalue weighted by atomic mass is 15.2. The SMILES string of the molecule is C/C=C1/c2ccccc2-c2cccc(C(C)C3C=C(c4cc5ccccc5c5ccccc45)C=C(N(c4c#cccc4)c4cccnc4)C3)c21. The lowest BCUT2D eigenvalue weighted by Gasteiger charge is -2.34. The topological polar surface area (TPSA) is 16.1 Å². The Morgan fingerprint density at radius 1 is 0.760 bits per heavy atom. The van der Waals surface area contributed by atoms with Crippen LogP contribution in [-0.2, 0) is 0 Å². The lowest BCUT2D eigenvalue weighted by atomic mass is 9.76. The number of anilines is 2. The Balaban J connectivity index is 1.25. The third-order valence-electron chi connectivity index (χ3n) is 10.6. The molecule has 0 amide bonds. The van der Waals surface area contributed by atoms with Crippen molar-refractivity contribution in [1.82, 2.24) is 4.98 Å². The molecule has 0 bridgehead atoms. The first-order valence-corrected chi connectivity index (χ1v) is 17.5. The van der Waals surface area contributed by atoms with E-state index in [1.165, 1.54) is 71.8 Å². The summed E-state index contributed by atoms with van der Waals surface area (Å²) in [6, 6.07) is 52.6. The summed E-state index contributed by atoms with van der Waals surface area (Å²) in [5, 5.41) is 5.07. The molecule has 0 saturated heterocycles. The second kappa shape index (κ2) is 12.4. The molecule has 0 spiro atoms. The molecule has 2 heteroatoms. The third-order valence-corrected chi connectivity index (χ3v) is 10.6. The van der Waals surface area contributed by atoms with E-state index >= 15 is 0 Å². The van der Waals surface area contributed by atoms with Crippen molar-refractivity contribution in [3.05, 3.63) is 198 Å². The van der Waals surface area contributed by atoms with Gasteiger partial charge in [-0.15, -0.1) is 0 Å². The van der Waals surface area contributed by atoms with Crippen molar-refractivity contribution in [3.8, 4) is 11.1 Å². The molecule has 0 N–H and O–H groups in total. The van der Waals surface area contributed by atoms with Crippen molar-refractivity contribution in [3.63, 3.8) is 0 Å². The summed E-state index contributed by atoms with van der Waals surface area (Å²) >= 11 is 0. The van der Waals surface area contributed by atoms with Gasteiger partial charge in [0.2, 0.25) is 0 Å². The maximum atomic E-state index is 4.54. The fourth-order valence-corrected chi connectivity index (χ4v) is 8.27. The van der Waals surface area contributed by atoms with Crippen molar-refractivity contribution >= 4 is 44.1 Å². The summed E-state index contributed by atoms with van der Waals surface area (Å²) in [4.78, 5) is 6.86. The number of aromatic nitrogens is 1. The largest absolute Gasteiger partial charge is 0.305 e. The van der Waals surface area contributed by atoms with Gasteiger partial charge in [-0.3, -0.25) is 4.98 Å². The van der Waals surface area contributed by atoms with Gasteiger partial charge in [-0.05, 0) is 134 Å². The van der Waals surface area contributed by atoms with Crippen LogP contribution in [-0.4, -0.2) is 4.98 Å². The van der Waals surface area contributed by atoms with Crippen molar-refractivity contribution in [2.24, 2.45) is 5.92 Å². The van der Waals surface area contributed by atoms with Gasteiger partial charge in [0.1, 0.15) is 0 Å². The molecule has 2 aliphatic carbocycles. The van der Waals surface area contributed by atoms with Gasteiger partial charge in [-0.1, -0.05) is 122 Å². The molecular weight excluding hydrogens is 605 g/mol. The van der Waals surface area contributed by atoms with E-state index in [1.807, 2.05) is 30.6 Å². The van der Waals surface area contributed by atoms with Crippen LogP contribution < -0.4 is 4.90 Å². The summed E-state index contributed by atoms with van der Waals surface area (Å²) < 4.78 is 0. The van der Waals surface area contributed by atoms with E-state index in [1.54, 1.807) is 0 Å². The van der Waals surface area contributed by atoms with E-state index in [4.69, 9.17) is 0 Å². The number of pyridine rings is 1. The Hall–Kier alpha value is -6.17. The monoisotopic (exact) mass is 640 g/mol. The molecule has 1 heterocycles. The van der Waals surface area contributed by atoms with Crippen molar-refractivity contribution in [1.29, 1.82) is 0 Å². The molecule has 7 aromatic rings. The van der Waals surface area contributed by atoms with Crippen molar-refractivity contribution in [2.75, 3.05) is 4.90 Å². The van der Waals surface area contributed by atoms with Gasteiger partial charge in [0.25, 0.3) is 0 Å². The molecule has 2 atom stereocenters. The Labute approximate surface area is 294 Å². The Morgan fingerprint density at radius 3 is 2.34 bits per heavy atom. The molecule has 2 aliphatic rings. The van der Waals surface area contributed by atoms with Crippen LogP contribution in [0.4, 0.5) is 11.4 Å². The van der Waals surface area contributed by atoms with E-state index in [2.05, 4.69) is 163 Å². The molecule has 2 unspecified atom stereocenters. The molecule has 2 nitrogen and oxygen atoms in total. The number of benzene rings is 5. The first-order valence-electron chi connectivity index (χ1n) is 17.5. The van der Waals surface area contributed by atoms with Crippen LogP contribution in [0.5, 0.6) is 0 Å². The molecule has 50 heavy (non-hydrogen) atoms. The number of fused-ring (bicyclic) bond motifs is 6. The Bertz CT molecular complexity index is 2450. The van der Waals surface area contributed by atoms with Crippen LogP contribution in [0.3, 0.4) is 0 Å². The molecule has 1 aromatic heterocycles. The molecule has 0 aliphatic heterocycles. The standard InChI is InChI=1S/C48H36N2/c1-3-39-42-20-9-11-22-44(42)46-25-13-24-40(48(39)46)32(2)34-27-35(47-30-33-15-7-8-19-41(33)43-21-10-12-23-45(43)47)29-38(28-34)50(36-16-5-4-6-17-36)37-18-14-26-49-31-37/h3-5,7-16,18-27,29-32,34H,28H2,1-2H3/b39-3-. The summed E-state index contributed by atoms with van der Waals surface area (Å²) in [6.07, 6.45) is 11.9. The third kappa shape index (κ3) is 4.94. The Morgan fingerprint density at radius 2 is 1.54 bits per heavy atom. The first kappa shape index (κ1) is 29.9. The Kier molecular flexibility index (Phi) is 7.41. The molecule has 0 radical (unpaired) electrons. The highest BCUT2D eigenvalue weighted by Gasteiger charge is 2.32. The summed E-state index contributed by atoms with van der Waals surface area (Å²) in [5.74, 6) is 0.456. The highest BCUT2D eigenvalue weighted by molar-refractivity contribution is 6.12. The van der Waals surface area contributed by atoms with Crippen LogP contribution in [0.2, 0.25) is 0 Å². The lowest BCUT2D eigenvalue weighted by Crippen LogP contribution is -2.23. The van der Waals surface area contributed by atoms with Crippen LogP contribution in [0.15, 0.2) is 164 Å². The molecule has 9 rings (SSSR count). The van der Waals surface area contributed by atoms with E-state index in [9.17, 15) is 0 Å². The average Bonchev–Trinajstić information content (AvgIpc) is 3.52. The van der Waals surface area contributed by atoms with E-state index in [0.717, 1.165) is 17.8 Å². The van der Waals surface area contributed by atoms with Crippen molar-refractivity contribution in [2.45, 2.75) is 26.2 Å². The minimum absolute atomic E-state index is 0.218. The highest BCUT2D eigenvalue weighted by Crippen LogP contribution is 2.50. The molecular formula is C48H36N2. The normalized spacial score (nSPS) is 16.4. The van der Waals surface area contributed by atoms with Gasteiger partial charge < -0.3 is 4.90 Å². The second-order valence-corrected chi connectivity index (χ2v) is 13.3. The van der Waals surface area contributed by atoms with Gasteiger partial charge in [0.15, 0.2) is 0 Å². The number of hydrogen-bond donors (Lipinski definition) is 0. The molecule has 238 valence electrons. The quantitative estimate of drug-likeness (QED) is 0.168. The summed E-state index contributed by atoms with van der Waals surface area (Å²) in [5.41, 5.74) is 13.8. The van der Waals surface area contributed by atoms with Gasteiger partial charge >= 0.3 is 0 Å². The average molecular weight is 641 g/mol. The van der Waals surface area contributed by atoms with Crippen LogP contribution in [0, 0.1) is 18.1 Å². The minimum atomic E-state index is 0.218. The van der Waals surface area contributed by atoms with Gasteiger partial charge in [-0.25, -0.2) is 0 Å². The second-order valence-electron chi connectivity index (χ2n) is 13.3. The smallest absolute Gasteiger partial charge is 0.0971 e. The van der Waals surface area contributed by atoms with E-state index < -0.39 is 0 Å². The first-order chi connectivity index (χ1) is 24.7. The molecule has 0 fully saturated rings. The zero-order chi connectivity index (χ0) is 33.6. The van der Waals surface area contributed by atoms with Crippen LogP contribution in [0.1, 0.15) is 48.4 Å². The zero-order valence-corrected chi connectivity index (χ0v) is 28.3. The maximum Gasteiger partial charge on any atom is 0.0971 e. The molecule has 0 saturated carbocycles. The fourth-order valence-electron chi connectivity index (χ4n) is 8.27. The van der Waals surface area contributed by atoms with E-state index in [-0.39, 0.29) is 11.8 Å².